The third-order valence-corrected chi connectivity index (χ3v) is 5.47. The molecule has 0 aliphatic rings. The largest absolute Gasteiger partial charge is 0.496 e. The number of benzene rings is 3. The molecule has 0 spiro atoms. The van der Waals surface area contributed by atoms with Gasteiger partial charge < -0.3 is 25.0 Å². The predicted octanol–water partition coefficient (Wildman–Crippen LogP) is 4.59. The van der Waals surface area contributed by atoms with Crippen LogP contribution in [0.3, 0.4) is 0 Å². The van der Waals surface area contributed by atoms with E-state index in [0.717, 1.165) is 11.1 Å². The van der Waals surface area contributed by atoms with Crippen LogP contribution in [0.25, 0.3) is 22.1 Å². The molecule has 3 aromatic carbocycles. The Morgan fingerprint density at radius 3 is 2.47 bits per heavy atom. The highest BCUT2D eigenvalue weighted by molar-refractivity contribution is 6.13. The molecule has 0 bridgehead atoms. The van der Waals surface area contributed by atoms with Crippen LogP contribution in [-0.4, -0.2) is 35.2 Å². The fourth-order valence-electron chi connectivity index (χ4n) is 3.84. The highest BCUT2D eigenvalue weighted by Crippen LogP contribution is 2.38. The molecular formula is C26H20N4O6. The number of amides is 2. The SMILES string of the molecule is COc1cc2onc(C(=O)Nc3ccc(C#N)cc3C(=O)O)c2cc1-c1ccc(NC(C)=O)cc1C. The van der Waals surface area contributed by atoms with Gasteiger partial charge in [-0.2, -0.15) is 5.26 Å². The van der Waals surface area contributed by atoms with E-state index in [4.69, 9.17) is 14.5 Å². The first-order valence-corrected chi connectivity index (χ1v) is 10.7. The van der Waals surface area contributed by atoms with E-state index in [2.05, 4.69) is 15.8 Å². The number of nitriles is 1. The summed E-state index contributed by atoms with van der Waals surface area (Å²) in [7, 11) is 1.51. The number of hydrogen-bond acceptors (Lipinski definition) is 7. The molecule has 0 atom stereocenters. The summed E-state index contributed by atoms with van der Waals surface area (Å²) in [4.78, 5) is 36.1. The number of ether oxygens (including phenoxy) is 1. The van der Waals surface area contributed by atoms with Crippen molar-refractivity contribution in [3.05, 3.63) is 70.9 Å². The summed E-state index contributed by atoms with van der Waals surface area (Å²) in [6.45, 7) is 3.31. The predicted molar refractivity (Wildman–Crippen MR) is 131 cm³/mol. The molecule has 1 heterocycles. The summed E-state index contributed by atoms with van der Waals surface area (Å²) in [6, 6.07) is 14.5. The molecule has 180 valence electrons. The van der Waals surface area contributed by atoms with Crippen molar-refractivity contribution in [1.82, 2.24) is 5.16 Å². The Morgan fingerprint density at radius 2 is 1.83 bits per heavy atom. The lowest BCUT2D eigenvalue weighted by molar-refractivity contribution is -0.114. The average Bonchev–Trinajstić information content (AvgIpc) is 3.26. The molecule has 4 rings (SSSR count). The van der Waals surface area contributed by atoms with Crippen LogP contribution in [0.4, 0.5) is 11.4 Å². The van der Waals surface area contributed by atoms with Gasteiger partial charge in [0.2, 0.25) is 5.91 Å². The van der Waals surface area contributed by atoms with Crippen LogP contribution in [0.5, 0.6) is 5.75 Å². The molecule has 0 saturated heterocycles. The average molecular weight is 484 g/mol. The Labute approximate surface area is 205 Å². The number of carboxylic acids is 1. The van der Waals surface area contributed by atoms with Gasteiger partial charge in [-0.05, 0) is 54.4 Å². The number of carbonyl (C=O) groups is 3. The second-order valence-corrected chi connectivity index (χ2v) is 7.92. The second-order valence-electron chi connectivity index (χ2n) is 7.92. The van der Waals surface area contributed by atoms with Gasteiger partial charge in [-0.1, -0.05) is 11.2 Å². The lowest BCUT2D eigenvalue weighted by Gasteiger charge is -2.13. The van der Waals surface area contributed by atoms with E-state index in [0.29, 0.717) is 28.0 Å². The number of hydrogen-bond donors (Lipinski definition) is 3. The summed E-state index contributed by atoms with van der Waals surface area (Å²) in [5, 5.41) is 28.1. The number of nitrogens with zero attached hydrogens (tertiary/aromatic N) is 2. The van der Waals surface area contributed by atoms with Gasteiger partial charge in [-0.3, -0.25) is 9.59 Å². The van der Waals surface area contributed by atoms with E-state index in [9.17, 15) is 19.5 Å². The standard InChI is InChI=1S/C26H20N4O6/c1-13-8-16(28-14(2)31)5-6-17(13)18-10-20-23(11-22(18)35-3)36-30-24(20)25(32)29-21-7-4-15(12-27)9-19(21)26(33)34/h4-11H,1-3H3,(H,28,31)(H,29,32)(H,33,34). The first kappa shape index (κ1) is 24.0. The monoisotopic (exact) mass is 484 g/mol. The first-order chi connectivity index (χ1) is 17.2. The third kappa shape index (κ3) is 4.58. The third-order valence-electron chi connectivity index (χ3n) is 5.47. The maximum atomic E-state index is 13.1. The molecule has 10 heteroatoms. The number of aryl methyl sites for hydroxylation is 1. The zero-order valence-corrected chi connectivity index (χ0v) is 19.5. The van der Waals surface area contributed by atoms with Crippen molar-refractivity contribution < 1.29 is 28.8 Å². The quantitative estimate of drug-likeness (QED) is 0.359. The number of aromatic carboxylic acids is 1. The highest BCUT2D eigenvalue weighted by Gasteiger charge is 2.22. The molecule has 0 saturated carbocycles. The Morgan fingerprint density at radius 1 is 1.06 bits per heavy atom. The molecule has 0 aliphatic carbocycles. The minimum Gasteiger partial charge on any atom is -0.496 e. The van der Waals surface area contributed by atoms with Crippen molar-refractivity contribution in [1.29, 1.82) is 5.26 Å². The molecule has 2 amide bonds. The van der Waals surface area contributed by atoms with Crippen molar-refractivity contribution in [3.8, 4) is 22.9 Å². The molecule has 0 radical (unpaired) electrons. The second kappa shape index (κ2) is 9.60. The number of aromatic nitrogens is 1. The smallest absolute Gasteiger partial charge is 0.337 e. The van der Waals surface area contributed by atoms with Crippen LogP contribution in [0.15, 0.2) is 53.1 Å². The molecule has 0 aliphatic heterocycles. The van der Waals surface area contributed by atoms with Gasteiger partial charge in [0.15, 0.2) is 11.3 Å². The van der Waals surface area contributed by atoms with Crippen molar-refractivity contribution in [2.75, 3.05) is 17.7 Å². The van der Waals surface area contributed by atoms with Gasteiger partial charge in [0.05, 0.1) is 35.4 Å². The Bertz CT molecular complexity index is 1580. The van der Waals surface area contributed by atoms with Crippen LogP contribution in [0, 0.1) is 18.3 Å². The Hall–Kier alpha value is -5.17. The van der Waals surface area contributed by atoms with Crippen molar-refractivity contribution in [2.24, 2.45) is 0 Å². The van der Waals surface area contributed by atoms with Crippen LogP contribution in [0.1, 0.15) is 38.9 Å². The maximum Gasteiger partial charge on any atom is 0.337 e. The van der Waals surface area contributed by atoms with Crippen LogP contribution >= 0.6 is 0 Å². The summed E-state index contributed by atoms with van der Waals surface area (Å²) in [5.74, 6) is -1.68. The van der Waals surface area contributed by atoms with E-state index in [1.807, 2.05) is 25.1 Å². The maximum absolute atomic E-state index is 13.1. The minimum atomic E-state index is -1.29. The number of carboxylic acid groups (broad SMARTS) is 1. The lowest BCUT2D eigenvalue weighted by atomic mass is 9.97. The number of nitrogens with one attached hydrogen (secondary N) is 2. The van der Waals surface area contributed by atoms with Crippen LogP contribution in [0.2, 0.25) is 0 Å². The van der Waals surface area contributed by atoms with Gasteiger partial charge in [0.25, 0.3) is 5.91 Å². The van der Waals surface area contributed by atoms with Gasteiger partial charge in [-0.15, -0.1) is 0 Å². The van der Waals surface area contributed by atoms with E-state index < -0.39 is 11.9 Å². The van der Waals surface area contributed by atoms with Crippen LogP contribution in [-0.2, 0) is 4.79 Å². The molecule has 3 N–H and O–H groups in total. The molecule has 10 nitrogen and oxygen atoms in total. The van der Waals surface area contributed by atoms with Crippen molar-refractivity contribution in [3.63, 3.8) is 0 Å². The minimum absolute atomic E-state index is 0.0146. The molecular weight excluding hydrogens is 464 g/mol. The summed E-state index contributed by atoms with van der Waals surface area (Å²) >= 11 is 0. The molecule has 1 aromatic heterocycles. The molecule has 36 heavy (non-hydrogen) atoms. The summed E-state index contributed by atoms with van der Waals surface area (Å²) in [6.07, 6.45) is 0. The zero-order chi connectivity index (χ0) is 26.0. The highest BCUT2D eigenvalue weighted by atomic mass is 16.5. The number of rotatable bonds is 6. The van der Waals surface area contributed by atoms with E-state index >= 15 is 0 Å². The fourth-order valence-corrected chi connectivity index (χ4v) is 3.84. The molecule has 0 unspecified atom stereocenters. The lowest BCUT2D eigenvalue weighted by Crippen LogP contribution is -2.15. The summed E-state index contributed by atoms with van der Waals surface area (Å²) < 4.78 is 10.9. The van der Waals surface area contributed by atoms with Crippen LogP contribution < -0.4 is 15.4 Å². The van der Waals surface area contributed by atoms with Gasteiger partial charge in [0, 0.05) is 24.2 Å². The van der Waals surface area contributed by atoms with Gasteiger partial charge in [0.1, 0.15) is 5.75 Å². The Balaban J connectivity index is 1.76. The topological polar surface area (TPSA) is 155 Å². The van der Waals surface area contributed by atoms with E-state index in [1.165, 1.54) is 32.2 Å². The summed E-state index contributed by atoms with van der Waals surface area (Å²) in [5.41, 5.74) is 3.14. The zero-order valence-electron chi connectivity index (χ0n) is 19.5. The normalized spacial score (nSPS) is 10.5. The van der Waals surface area contributed by atoms with Crippen molar-refractivity contribution >= 4 is 40.1 Å². The number of carbonyl (C=O) groups excluding carboxylic acids is 2. The van der Waals surface area contributed by atoms with E-state index in [1.54, 1.807) is 18.2 Å². The van der Waals surface area contributed by atoms with Crippen molar-refractivity contribution in [2.45, 2.75) is 13.8 Å². The van der Waals surface area contributed by atoms with E-state index in [-0.39, 0.29) is 28.4 Å². The number of methoxy groups -OCH3 is 1. The number of anilines is 2. The first-order valence-electron chi connectivity index (χ1n) is 10.7. The Kier molecular flexibility index (Phi) is 6.39. The van der Waals surface area contributed by atoms with Gasteiger partial charge in [-0.25, -0.2) is 4.79 Å². The number of fused-ring (bicyclic) bond motifs is 1. The van der Waals surface area contributed by atoms with Gasteiger partial charge >= 0.3 is 5.97 Å². The molecule has 4 aromatic rings. The molecule has 0 fully saturated rings. The fraction of sp³-hybridized carbons (Fsp3) is 0.115.